The molecule has 3 rings (SSSR count). The van der Waals surface area contributed by atoms with E-state index in [4.69, 9.17) is 9.47 Å². The molecule has 31 heavy (non-hydrogen) atoms. The summed E-state index contributed by atoms with van der Waals surface area (Å²) < 4.78 is 25.2. The van der Waals surface area contributed by atoms with Crippen molar-refractivity contribution in [2.75, 3.05) is 32.1 Å². The Morgan fingerprint density at radius 3 is 2.81 bits per heavy atom. The first-order valence-corrected chi connectivity index (χ1v) is 11.2. The van der Waals surface area contributed by atoms with E-state index in [0.717, 1.165) is 5.56 Å². The molecule has 1 saturated heterocycles. The first-order valence-electron chi connectivity index (χ1n) is 10.2. The molecule has 0 spiro atoms. The van der Waals surface area contributed by atoms with Gasteiger partial charge >= 0.3 is 0 Å². The Morgan fingerprint density at radius 1 is 1.26 bits per heavy atom. The molecule has 0 aliphatic carbocycles. The van der Waals surface area contributed by atoms with Crippen LogP contribution in [0.4, 0.5) is 4.39 Å². The average molecular weight is 444 g/mol. The SMILES string of the molecule is CC(=O)c1ccc(OCC2CN(C(=O)CCSC=Cc3ccccc3)CCO2)cc1F. The predicted octanol–water partition coefficient (Wildman–Crippen LogP) is 4.43. The molecule has 1 unspecified atom stereocenters. The molecule has 0 bridgehead atoms. The molecule has 0 saturated carbocycles. The molecule has 1 aliphatic rings. The van der Waals surface area contributed by atoms with E-state index < -0.39 is 5.82 Å². The Morgan fingerprint density at radius 2 is 2.06 bits per heavy atom. The second kappa shape index (κ2) is 11.7. The third kappa shape index (κ3) is 7.22. The van der Waals surface area contributed by atoms with Crippen molar-refractivity contribution in [2.24, 2.45) is 0 Å². The Hall–Kier alpha value is -2.64. The van der Waals surface area contributed by atoms with E-state index in [1.54, 1.807) is 22.7 Å². The molecule has 5 nitrogen and oxygen atoms in total. The number of benzene rings is 2. The van der Waals surface area contributed by atoms with E-state index in [1.807, 2.05) is 41.8 Å². The van der Waals surface area contributed by atoms with Gasteiger partial charge in [-0.1, -0.05) is 30.3 Å². The molecule has 164 valence electrons. The molecule has 1 fully saturated rings. The van der Waals surface area contributed by atoms with Crippen molar-refractivity contribution in [3.8, 4) is 5.75 Å². The van der Waals surface area contributed by atoms with Crippen LogP contribution in [0.1, 0.15) is 29.3 Å². The van der Waals surface area contributed by atoms with Crippen LogP contribution < -0.4 is 4.74 Å². The summed E-state index contributed by atoms with van der Waals surface area (Å²) >= 11 is 1.61. The van der Waals surface area contributed by atoms with E-state index in [0.29, 0.717) is 37.6 Å². The summed E-state index contributed by atoms with van der Waals surface area (Å²) in [5, 5.41) is 2.01. The van der Waals surface area contributed by atoms with Gasteiger partial charge in [0.15, 0.2) is 5.78 Å². The van der Waals surface area contributed by atoms with Gasteiger partial charge in [-0.15, -0.1) is 11.8 Å². The number of morpholine rings is 1. The molecule has 2 aromatic carbocycles. The average Bonchev–Trinajstić information content (AvgIpc) is 2.78. The number of nitrogens with zero attached hydrogens (tertiary/aromatic N) is 1. The minimum Gasteiger partial charge on any atom is -0.491 e. The molecule has 0 radical (unpaired) electrons. The van der Waals surface area contributed by atoms with E-state index in [2.05, 4.69) is 0 Å². The van der Waals surface area contributed by atoms with E-state index in [9.17, 15) is 14.0 Å². The molecule has 7 heteroatoms. The summed E-state index contributed by atoms with van der Waals surface area (Å²) in [5.41, 5.74) is 1.17. The Labute approximate surface area is 186 Å². The van der Waals surface area contributed by atoms with Gasteiger partial charge in [-0.05, 0) is 36.1 Å². The minimum atomic E-state index is -0.606. The van der Waals surface area contributed by atoms with E-state index >= 15 is 0 Å². The first kappa shape index (κ1) is 23.0. The van der Waals surface area contributed by atoms with Crippen LogP contribution in [0.15, 0.2) is 53.9 Å². The zero-order valence-corrected chi connectivity index (χ0v) is 18.3. The second-order valence-corrected chi connectivity index (χ2v) is 8.19. The molecule has 1 amide bonds. The zero-order valence-electron chi connectivity index (χ0n) is 17.5. The quantitative estimate of drug-likeness (QED) is 0.424. The van der Waals surface area contributed by atoms with Crippen molar-refractivity contribution in [1.82, 2.24) is 4.90 Å². The number of halogens is 1. The summed E-state index contributed by atoms with van der Waals surface area (Å²) in [7, 11) is 0. The van der Waals surface area contributed by atoms with Gasteiger partial charge in [0.2, 0.25) is 5.91 Å². The summed E-state index contributed by atoms with van der Waals surface area (Å²) in [6.07, 6.45) is 2.21. The third-order valence-corrected chi connectivity index (χ3v) is 5.61. The lowest BCUT2D eigenvalue weighted by Crippen LogP contribution is -2.47. The van der Waals surface area contributed by atoms with Gasteiger partial charge in [0.05, 0.1) is 18.7 Å². The predicted molar refractivity (Wildman–Crippen MR) is 121 cm³/mol. The van der Waals surface area contributed by atoms with Crippen LogP contribution in [0.2, 0.25) is 0 Å². The lowest BCUT2D eigenvalue weighted by atomic mass is 10.1. The van der Waals surface area contributed by atoms with Crippen molar-refractivity contribution in [1.29, 1.82) is 0 Å². The maximum absolute atomic E-state index is 13.9. The largest absolute Gasteiger partial charge is 0.491 e. The Balaban J connectivity index is 1.40. The van der Waals surface area contributed by atoms with E-state index in [-0.39, 0.29) is 30.0 Å². The summed E-state index contributed by atoms with van der Waals surface area (Å²) in [5.74, 6) is 0.192. The monoisotopic (exact) mass is 443 g/mol. The number of carbonyl (C=O) groups excluding carboxylic acids is 2. The highest BCUT2D eigenvalue weighted by Crippen LogP contribution is 2.18. The fraction of sp³-hybridized carbons (Fsp3) is 0.333. The number of ether oxygens (including phenoxy) is 2. The van der Waals surface area contributed by atoms with Gasteiger partial charge in [0.1, 0.15) is 24.3 Å². The number of amides is 1. The number of ketones is 1. The number of Topliss-reactive ketones (excluding diaryl/α,β-unsaturated/α-hetero) is 1. The van der Waals surface area contributed by atoms with Gasteiger partial charge < -0.3 is 14.4 Å². The minimum absolute atomic E-state index is 0.0366. The third-order valence-electron chi connectivity index (χ3n) is 4.84. The van der Waals surface area contributed by atoms with Crippen LogP contribution in [0.5, 0.6) is 5.75 Å². The van der Waals surface area contributed by atoms with Crippen LogP contribution in [0.25, 0.3) is 6.08 Å². The number of hydrogen-bond donors (Lipinski definition) is 0. The topological polar surface area (TPSA) is 55.8 Å². The highest BCUT2D eigenvalue weighted by atomic mass is 32.2. The summed E-state index contributed by atoms with van der Waals surface area (Å²) in [6.45, 7) is 2.97. The molecule has 1 heterocycles. The Bertz CT molecular complexity index is 919. The molecule has 2 aromatic rings. The van der Waals surface area contributed by atoms with Crippen molar-refractivity contribution in [3.63, 3.8) is 0 Å². The molecule has 0 N–H and O–H groups in total. The van der Waals surface area contributed by atoms with Crippen molar-refractivity contribution >= 4 is 29.5 Å². The van der Waals surface area contributed by atoms with Crippen LogP contribution in [-0.4, -0.2) is 54.8 Å². The highest BCUT2D eigenvalue weighted by Gasteiger charge is 2.24. The van der Waals surface area contributed by atoms with Crippen molar-refractivity contribution in [3.05, 3.63) is 70.9 Å². The molecular weight excluding hydrogens is 417 g/mol. The maximum atomic E-state index is 13.9. The fourth-order valence-electron chi connectivity index (χ4n) is 3.17. The van der Waals surface area contributed by atoms with E-state index in [1.165, 1.54) is 19.1 Å². The van der Waals surface area contributed by atoms with Gasteiger partial charge in [0.25, 0.3) is 0 Å². The Kier molecular flexibility index (Phi) is 8.67. The maximum Gasteiger partial charge on any atom is 0.223 e. The number of thioether (sulfide) groups is 1. The number of rotatable bonds is 9. The smallest absolute Gasteiger partial charge is 0.223 e. The summed E-state index contributed by atoms with van der Waals surface area (Å²) in [4.78, 5) is 25.6. The van der Waals surface area contributed by atoms with Crippen LogP contribution in [0.3, 0.4) is 0 Å². The molecular formula is C24H26FNO4S. The fourth-order valence-corrected chi connectivity index (χ4v) is 3.85. The lowest BCUT2D eigenvalue weighted by molar-refractivity contribution is -0.139. The standard InChI is InChI=1S/C24H26FNO4S/c1-18(27)22-8-7-20(15-23(22)25)30-17-21-16-26(11-12-29-21)24(28)10-14-31-13-9-19-5-3-2-4-6-19/h2-9,13,15,21H,10-12,14,16-17H2,1H3. The zero-order chi connectivity index (χ0) is 22.1. The summed E-state index contributed by atoms with van der Waals surface area (Å²) in [6, 6.07) is 14.2. The van der Waals surface area contributed by atoms with Crippen LogP contribution in [-0.2, 0) is 9.53 Å². The van der Waals surface area contributed by atoms with Gasteiger partial charge in [0, 0.05) is 24.8 Å². The first-order chi connectivity index (χ1) is 15.0. The van der Waals surface area contributed by atoms with Gasteiger partial charge in [-0.3, -0.25) is 9.59 Å². The normalized spacial score (nSPS) is 16.5. The van der Waals surface area contributed by atoms with Crippen molar-refractivity contribution in [2.45, 2.75) is 19.4 Å². The molecule has 1 aliphatic heterocycles. The molecule has 1 atom stereocenters. The molecule has 0 aromatic heterocycles. The van der Waals surface area contributed by atoms with Gasteiger partial charge in [-0.2, -0.15) is 0 Å². The number of hydrogen-bond acceptors (Lipinski definition) is 5. The number of carbonyl (C=O) groups is 2. The second-order valence-electron chi connectivity index (χ2n) is 7.18. The van der Waals surface area contributed by atoms with Crippen LogP contribution in [0, 0.1) is 5.82 Å². The van der Waals surface area contributed by atoms with Crippen molar-refractivity contribution < 1.29 is 23.5 Å². The lowest BCUT2D eigenvalue weighted by Gasteiger charge is -2.33. The highest BCUT2D eigenvalue weighted by molar-refractivity contribution is 8.02. The van der Waals surface area contributed by atoms with Crippen LogP contribution >= 0.6 is 11.8 Å². The van der Waals surface area contributed by atoms with Gasteiger partial charge in [-0.25, -0.2) is 4.39 Å².